The van der Waals surface area contributed by atoms with Crippen molar-refractivity contribution >= 4 is 17.1 Å². The van der Waals surface area contributed by atoms with Crippen molar-refractivity contribution in [1.29, 1.82) is 0 Å². The lowest BCUT2D eigenvalue weighted by molar-refractivity contribution is 0.431. The maximum atomic E-state index is 12.6. The predicted molar refractivity (Wildman–Crippen MR) is 91.1 cm³/mol. The topological polar surface area (TPSA) is 65.1 Å². The van der Waals surface area contributed by atoms with Gasteiger partial charge in [-0.05, 0) is 25.2 Å². The second-order valence-electron chi connectivity index (χ2n) is 6.61. The molecule has 0 amide bonds. The highest BCUT2D eigenvalue weighted by molar-refractivity contribution is 5.74. The summed E-state index contributed by atoms with van der Waals surface area (Å²) in [5.74, 6) is 1.56. The minimum absolute atomic E-state index is 0.263. The van der Waals surface area contributed by atoms with Gasteiger partial charge in [0.25, 0.3) is 5.56 Å². The van der Waals surface area contributed by atoms with Crippen molar-refractivity contribution in [3.05, 3.63) is 20.8 Å². The zero-order chi connectivity index (χ0) is 16.7. The molecule has 2 aromatic rings. The Morgan fingerprint density at radius 1 is 1.13 bits per heavy atom. The van der Waals surface area contributed by atoms with Crippen molar-refractivity contribution in [1.82, 2.24) is 18.7 Å². The minimum atomic E-state index is -0.331. The standard InChI is InChI=1S/C16H25N5O2/c1-5-8-21-12-13(18(3)16(23)19(4)14(12)22)17-15(21)20-9-6-11(2)7-10-20/h11H,5-10H2,1-4H3. The number of hydrogen-bond donors (Lipinski definition) is 0. The highest BCUT2D eigenvalue weighted by Gasteiger charge is 2.24. The second-order valence-corrected chi connectivity index (χ2v) is 6.61. The average Bonchev–Trinajstić information content (AvgIpc) is 2.91. The Labute approximate surface area is 135 Å². The summed E-state index contributed by atoms with van der Waals surface area (Å²) in [6.07, 6.45) is 3.17. The molecular weight excluding hydrogens is 294 g/mol. The van der Waals surface area contributed by atoms with Gasteiger partial charge in [-0.25, -0.2) is 4.79 Å². The third-order valence-corrected chi connectivity index (χ3v) is 4.84. The van der Waals surface area contributed by atoms with E-state index in [-0.39, 0.29) is 11.2 Å². The molecule has 0 atom stereocenters. The molecule has 0 bridgehead atoms. The van der Waals surface area contributed by atoms with Crippen LogP contribution in [0.1, 0.15) is 33.1 Å². The molecule has 23 heavy (non-hydrogen) atoms. The van der Waals surface area contributed by atoms with E-state index in [2.05, 4.69) is 23.7 Å². The maximum Gasteiger partial charge on any atom is 0.332 e. The third-order valence-electron chi connectivity index (χ3n) is 4.84. The lowest BCUT2D eigenvalue weighted by atomic mass is 10.00. The van der Waals surface area contributed by atoms with Crippen molar-refractivity contribution in [3.63, 3.8) is 0 Å². The molecule has 0 aliphatic carbocycles. The molecule has 0 N–H and O–H groups in total. The average molecular weight is 319 g/mol. The van der Waals surface area contributed by atoms with Crippen molar-refractivity contribution in [2.75, 3.05) is 18.0 Å². The smallest absolute Gasteiger partial charge is 0.332 e. The molecule has 0 saturated carbocycles. The van der Waals surface area contributed by atoms with Crippen LogP contribution in [0.2, 0.25) is 0 Å². The number of nitrogens with zero attached hydrogens (tertiary/aromatic N) is 5. The number of piperidine rings is 1. The van der Waals surface area contributed by atoms with Crippen LogP contribution in [0.5, 0.6) is 0 Å². The van der Waals surface area contributed by atoms with Gasteiger partial charge in [-0.1, -0.05) is 13.8 Å². The van der Waals surface area contributed by atoms with Crippen LogP contribution >= 0.6 is 0 Å². The first-order chi connectivity index (χ1) is 11.0. The Balaban J connectivity index is 2.24. The number of fused-ring (bicyclic) bond motifs is 1. The second kappa shape index (κ2) is 5.86. The normalized spacial score (nSPS) is 16.4. The van der Waals surface area contributed by atoms with Gasteiger partial charge in [0.2, 0.25) is 5.95 Å². The van der Waals surface area contributed by atoms with E-state index in [4.69, 9.17) is 0 Å². The van der Waals surface area contributed by atoms with Crippen LogP contribution in [0.25, 0.3) is 11.2 Å². The SMILES string of the molecule is CCCn1c(N2CCC(C)CC2)nc2c1c(=O)n(C)c(=O)n2C. The highest BCUT2D eigenvalue weighted by atomic mass is 16.2. The van der Waals surface area contributed by atoms with Crippen LogP contribution in [0.15, 0.2) is 9.59 Å². The van der Waals surface area contributed by atoms with Gasteiger partial charge in [-0.15, -0.1) is 0 Å². The van der Waals surface area contributed by atoms with E-state index in [1.165, 1.54) is 11.6 Å². The molecule has 1 saturated heterocycles. The van der Waals surface area contributed by atoms with Crippen LogP contribution in [-0.2, 0) is 20.6 Å². The Bertz CT molecular complexity index is 837. The first-order valence-corrected chi connectivity index (χ1v) is 8.36. The Hall–Kier alpha value is -2.05. The number of rotatable bonds is 3. The van der Waals surface area contributed by atoms with Crippen molar-refractivity contribution in [2.45, 2.75) is 39.7 Å². The van der Waals surface area contributed by atoms with Crippen LogP contribution in [0, 0.1) is 5.92 Å². The van der Waals surface area contributed by atoms with Gasteiger partial charge in [0.1, 0.15) is 0 Å². The van der Waals surface area contributed by atoms with E-state index >= 15 is 0 Å². The number of anilines is 1. The molecule has 2 aromatic heterocycles. The molecule has 7 nitrogen and oxygen atoms in total. The van der Waals surface area contributed by atoms with Crippen molar-refractivity contribution in [3.8, 4) is 0 Å². The Morgan fingerprint density at radius 2 is 1.78 bits per heavy atom. The molecule has 0 radical (unpaired) electrons. The maximum absolute atomic E-state index is 12.6. The van der Waals surface area contributed by atoms with E-state index < -0.39 is 0 Å². The Kier molecular flexibility index (Phi) is 4.04. The molecule has 3 heterocycles. The van der Waals surface area contributed by atoms with E-state index in [0.29, 0.717) is 11.2 Å². The van der Waals surface area contributed by atoms with Crippen molar-refractivity contribution in [2.24, 2.45) is 20.0 Å². The fraction of sp³-hybridized carbons (Fsp3) is 0.688. The summed E-state index contributed by atoms with van der Waals surface area (Å²) in [5.41, 5.74) is 0.424. The Morgan fingerprint density at radius 3 is 2.39 bits per heavy atom. The largest absolute Gasteiger partial charge is 0.342 e. The van der Waals surface area contributed by atoms with Gasteiger partial charge in [-0.3, -0.25) is 13.9 Å². The summed E-state index contributed by atoms with van der Waals surface area (Å²) < 4.78 is 4.63. The number of hydrogen-bond acceptors (Lipinski definition) is 4. The van der Waals surface area contributed by atoms with E-state index in [1.54, 1.807) is 7.05 Å². The van der Waals surface area contributed by atoms with Crippen LogP contribution in [0.4, 0.5) is 5.95 Å². The summed E-state index contributed by atoms with van der Waals surface area (Å²) in [6, 6.07) is 0. The fourth-order valence-electron chi connectivity index (χ4n) is 3.32. The third kappa shape index (κ3) is 2.48. The highest BCUT2D eigenvalue weighted by Crippen LogP contribution is 2.25. The molecular formula is C16H25N5O2. The monoisotopic (exact) mass is 319 g/mol. The molecule has 0 unspecified atom stereocenters. The number of imidazole rings is 1. The van der Waals surface area contributed by atoms with Gasteiger partial charge in [0, 0.05) is 33.7 Å². The molecule has 1 fully saturated rings. The molecule has 0 spiro atoms. The quantitative estimate of drug-likeness (QED) is 0.849. The summed E-state index contributed by atoms with van der Waals surface area (Å²) in [6.45, 7) is 6.97. The van der Waals surface area contributed by atoms with Crippen molar-refractivity contribution < 1.29 is 0 Å². The molecule has 1 aliphatic rings. The molecule has 0 aromatic carbocycles. The van der Waals surface area contributed by atoms with E-state index in [9.17, 15) is 9.59 Å². The summed E-state index contributed by atoms with van der Waals surface area (Å²) in [4.78, 5) is 31.7. The summed E-state index contributed by atoms with van der Waals surface area (Å²) >= 11 is 0. The number of aryl methyl sites for hydroxylation is 2. The molecule has 1 aliphatic heterocycles. The fourth-order valence-corrected chi connectivity index (χ4v) is 3.32. The van der Waals surface area contributed by atoms with Crippen LogP contribution < -0.4 is 16.1 Å². The molecule has 3 rings (SSSR count). The van der Waals surface area contributed by atoms with Gasteiger partial charge < -0.3 is 9.47 Å². The van der Waals surface area contributed by atoms with Gasteiger partial charge in [0.05, 0.1) is 0 Å². The minimum Gasteiger partial charge on any atom is -0.342 e. The summed E-state index contributed by atoms with van der Waals surface area (Å²) in [7, 11) is 3.20. The lowest BCUT2D eigenvalue weighted by Gasteiger charge is -2.31. The first-order valence-electron chi connectivity index (χ1n) is 8.36. The zero-order valence-electron chi connectivity index (χ0n) is 14.4. The first kappa shape index (κ1) is 15.8. The van der Waals surface area contributed by atoms with Gasteiger partial charge in [-0.2, -0.15) is 4.98 Å². The zero-order valence-corrected chi connectivity index (χ0v) is 14.4. The van der Waals surface area contributed by atoms with E-state index in [0.717, 1.165) is 55.3 Å². The molecule has 7 heteroatoms. The van der Waals surface area contributed by atoms with Crippen LogP contribution in [0.3, 0.4) is 0 Å². The lowest BCUT2D eigenvalue weighted by Crippen LogP contribution is -2.37. The molecule has 126 valence electrons. The predicted octanol–water partition coefficient (Wildman–Crippen LogP) is 1.08. The number of aromatic nitrogens is 4. The van der Waals surface area contributed by atoms with Crippen LogP contribution in [-0.4, -0.2) is 31.8 Å². The summed E-state index contributed by atoms with van der Waals surface area (Å²) in [5, 5.41) is 0. The van der Waals surface area contributed by atoms with E-state index in [1.807, 2.05) is 4.57 Å². The van der Waals surface area contributed by atoms with Gasteiger partial charge >= 0.3 is 5.69 Å². The van der Waals surface area contributed by atoms with Gasteiger partial charge in [0.15, 0.2) is 11.2 Å².